The van der Waals surface area contributed by atoms with Crippen LogP contribution in [0.1, 0.15) is 0 Å². The molecule has 96 heavy (non-hydrogen) atoms. The molecule has 7 heterocycles. The van der Waals surface area contributed by atoms with Crippen LogP contribution in [0.25, 0.3) is 199 Å². The Hall–Kier alpha value is -11.8. The van der Waals surface area contributed by atoms with Crippen LogP contribution in [-0.4, -0.2) is 23.7 Å². The van der Waals surface area contributed by atoms with E-state index in [9.17, 15) is 0 Å². The number of rotatable bonds is 8. The van der Waals surface area contributed by atoms with Crippen molar-refractivity contribution in [1.29, 1.82) is 0 Å². The number of benzene rings is 14. The van der Waals surface area contributed by atoms with E-state index in [-0.39, 0.29) is 0 Å². The lowest BCUT2D eigenvalue weighted by Gasteiger charge is -2.14. The zero-order valence-electron chi connectivity index (χ0n) is 51.4. The van der Waals surface area contributed by atoms with E-state index in [1.807, 2.05) is 34.0 Å². The molecule has 0 aliphatic carbocycles. The van der Waals surface area contributed by atoms with Gasteiger partial charge in [0.1, 0.15) is 5.82 Å². The van der Waals surface area contributed by atoms with E-state index >= 15 is 0 Å². The van der Waals surface area contributed by atoms with E-state index in [0.717, 1.165) is 77.5 Å². The Bertz CT molecular complexity index is 6580. The molecule has 0 saturated heterocycles. The average Bonchev–Trinajstić information content (AvgIpc) is 1.58. The third-order valence-corrected chi connectivity index (χ3v) is 23.4. The second-order valence-corrected chi connectivity index (χ2v) is 28.5. The lowest BCUT2D eigenvalue weighted by Crippen LogP contribution is -2.07. The zero-order valence-corrected chi connectivity index (χ0v) is 53.9. The summed E-state index contributed by atoms with van der Waals surface area (Å²) in [4.78, 5) is 11.3. The monoisotopic (exact) mass is 1270 g/mol. The molecule has 0 atom stereocenters. The first-order valence-electron chi connectivity index (χ1n) is 32.5. The van der Waals surface area contributed by atoms with Gasteiger partial charge in [0.15, 0.2) is 0 Å². The van der Waals surface area contributed by atoms with E-state index < -0.39 is 0 Å². The number of para-hydroxylation sites is 3. The van der Waals surface area contributed by atoms with Gasteiger partial charge < -0.3 is 4.57 Å². The largest absolute Gasteiger partial charge is 0.309 e. The average molecular weight is 1270 g/mol. The van der Waals surface area contributed by atoms with Crippen molar-refractivity contribution in [3.63, 3.8) is 0 Å². The fourth-order valence-corrected chi connectivity index (χ4v) is 18.6. The summed E-state index contributed by atoms with van der Waals surface area (Å²) in [6, 6.07) is 114. The molecule has 8 heteroatoms. The van der Waals surface area contributed by atoms with Crippen LogP contribution in [-0.2, 0) is 0 Å². The minimum Gasteiger partial charge on any atom is -0.309 e. The molecule has 7 aromatic heterocycles. The first-order chi connectivity index (χ1) is 47.5. The molecule has 21 aromatic rings. The van der Waals surface area contributed by atoms with Crippen molar-refractivity contribution in [2.45, 2.75) is 0 Å². The topological polar surface area (TPSA) is 40.6 Å². The van der Waals surface area contributed by atoms with Crippen LogP contribution >= 0.6 is 34.0 Å². The normalized spacial score (nSPS) is 12.2. The lowest BCUT2D eigenvalue weighted by atomic mass is 10.0. The van der Waals surface area contributed by atoms with Crippen molar-refractivity contribution in [2.24, 2.45) is 0 Å². The molecular weight excluding hydrogens is 1220 g/mol. The van der Waals surface area contributed by atoms with Crippen LogP contribution in [0.2, 0.25) is 0 Å². The van der Waals surface area contributed by atoms with Gasteiger partial charge in [-0.3, -0.25) is 9.13 Å². The molecule has 446 valence electrons. The number of thiophene rings is 3. The van der Waals surface area contributed by atoms with Crippen molar-refractivity contribution in [2.75, 3.05) is 0 Å². The summed E-state index contributed by atoms with van der Waals surface area (Å²) in [5, 5.41) is 14.9. The van der Waals surface area contributed by atoms with Gasteiger partial charge in [0.25, 0.3) is 0 Å². The maximum Gasteiger partial charge on any atom is 0.237 e. The summed E-state index contributed by atoms with van der Waals surface area (Å²) in [5.74, 6) is 1.38. The van der Waals surface area contributed by atoms with Crippen LogP contribution in [0.15, 0.2) is 309 Å². The van der Waals surface area contributed by atoms with E-state index in [2.05, 4.69) is 323 Å². The predicted molar refractivity (Wildman–Crippen MR) is 411 cm³/mol. The third kappa shape index (κ3) is 8.26. The SMILES string of the molecule is c1ccc2c(c1)sc1ccc(-c3ccc4c(c3)c3ccccc3n4-c3ccc(-c4ccc(-c5cc(-n6c7ccccc7c7cc(-c8ccc9sc%10ccccc%10c9c8)ccc76)nc(-n6c7ccccc7c7cc(-c8ccc9sc%10ccccc%10c9c8)ccc76)n5)cc4)cc3)cc12. The highest BCUT2D eigenvalue weighted by atomic mass is 32.1. The zero-order chi connectivity index (χ0) is 62.7. The molecule has 0 spiro atoms. The smallest absolute Gasteiger partial charge is 0.237 e. The van der Waals surface area contributed by atoms with Gasteiger partial charge in [-0.05, 0) is 166 Å². The van der Waals surface area contributed by atoms with Crippen molar-refractivity contribution in [3.05, 3.63) is 309 Å². The van der Waals surface area contributed by atoms with Gasteiger partial charge in [0.05, 0.1) is 38.8 Å². The van der Waals surface area contributed by atoms with Gasteiger partial charge >= 0.3 is 0 Å². The molecule has 14 aromatic carbocycles. The molecule has 0 N–H and O–H groups in total. The number of nitrogens with zero attached hydrogens (tertiary/aromatic N) is 5. The molecule has 0 aliphatic heterocycles. The molecule has 5 nitrogen and oxygen atoms in total. The Morgan fingerprint density at radius 3 is 0.948 bits per heavy atom. The Morgan fingerprint density at radius 2 is 0.500 bits per heavy atom. The van der Waals surface area contributed by atoms with Crippen LogP contribution in [0.4, 0.5) is 0 Å². The number of hydrogen-bond donors (Lipinski definition) is 0. The molecule has 0 amide bonds. The standard InChI is InChI=1S/C88H51N5S3/c1-7-19-75-62(13-1)68-45-55(58-34-42-84-71(48-58)65-16-4-10-22-81(65)94-84)31-39-78(68)91(75)61-37-29-53(30-38-61)52-25-27-54(28-26-52)74-51-87(92-76-20-8-2-14-63(76)69-46-56(32-40-79(69)92)59-35-43-85-72(49-59)66-17-5-11-23-82(66)95-85)90-88(89-74)93-77-21-9-3-15-64(77)70-47-57(33-41-80(70)93)60-36-44-86-73(50-60)67-18-6-12-24-83(67)96-86/h1-51H. The van der Waals surface area contributed by atoms with Crippen LogP contribution in [0.3, 0.4) is 0 Å². The molecule has 0 unspecified atom stereocenters. The fraction of sp³-hybridized carbons (Fsp3) is 0. The molecule has 0 aliphatic rings. The van der Waals surface area contributed by atoms with Gasteiger partial charge in [-0.1, -0.05) is 182 Å². The second kappa shape index (κ2) is 20.9. The fourth-order valence-electron chi connectivity index (χ4n) is 15.3. The maximum absolute atomic E-state index is 5.70. The Labute approximate surface area is 562 Å². The van der Waals surface area contributed by atoms with Gasteiger partial charge in [-0.15, -0.1) is 34.0 Å². The Balaban J connectivity index is 0.684. The first-order valence-corrected chi connectivity index (χ1v) is 34.9. The van der Waals surface area contributed by atoms with Gasteiger partial charge in [-0.25, -0.2) is 4.98 Å². The van der Waals surface area contributed by atoms with E-state index in [4.69, 9.17) is 9.97 Å². The highest BCUT2D eigenvalue weighted by Gasteiger charge is 2.23. The van der Waals surface area contributed by atoms with Gasteiger partial charge in [0, 0.05) is 110 Å². The molecule has 0 radical (unpaired) electrons. The third-order valence-electron chi connectivity index (χ3n) is 19.9. The van der Waals surface area contributed by atoms with E-state index in [0.29, 0.717) is 5.95 Å². The predicted octanol–water partition coefficient (Wildman–Crippen LogP) is 25.2. The molecule has 0 fully saturated rings. The van der Waals surface area contributed by atoms with Gasteiger partial charge in [-0.2, -0.15) is 4.98 Å². The maximum atomic E-state index is 5.70. The van der Waals surface area contributed by atoms with Crippen molar-refractivity contribution >= 4 is 160 Å². The van der Waals surface area contributed by atoms with Crippen molar-refractivity contribution in [3.8, 4) is 73.2 Å². The highest BCUT2D eigenvalue weighted by Crippen LogP contribution is 2.44. The number of aromatic nitrogens is 5. The van der Waals surface area contributed by atoms with Gasteiger partial charge in [0.2, 0.25) is 5.95 Å². The summed E-state index contributed by atoms with van der Waals surface area (Å²) in [6.45, 7) is 0. The molecule has 0 bridgehead atoms. The van der Waals surface area contributed by atoms with E-state index in [1.165, 1.54) is 116 Å². The van der Waals surface area contributed by atoms with Crippen molar-refractivity contribution in [1.82, 2.24) is 23.7 Å². The minimum atomic E-state index is 0.598. The summed E-state index contributed by atoms with van der Waals surface area (Å²) in [6.07, 6.45) is 0. The lowest BCUT2D eigenvalue weighted by molar-refractivity contribution is 0.952. The number of fused-ring (bicyclic) bond motifs is 18. The Morgan fingerprint density at radius 1 is 0.198 bits per heavy atom. The molecule has 21 rings (SSSR count). The molecule has 0 saturated carbocycles. The first kappa shape index (κ1) is 53.7. The minimum absolute atomic E-state index is 0.598. The summed E-state index contributed by atoms with van der Waals surface area (Å²) in [7, 11) is 0. The summed E-state index contributed by atoms with van der Waals surface area (Å²) >= 11 is 5.57. The molecular formula is C88H51N5S3. The van der Waals surface area contributed by atoms with Crippen LogP contribution in [0.5, 0.6) is 0 Å². The summed E-state index contributed by atoms with van der Waals surface area (Å²) < 4.78 is 14.9. The Kier molecular flexibility index (Phi) is 11.7. The summed E-state index contributed by atoms with van der Waals surface area (Å²) in [5.41, 5.74) is 19.0. The van der Waals surface area contributed by atoms with Crippen LogP contribution < -0.4 is 0 Å². The van der Waals surface area contributed by atoms with Crippen LogP contribution in [0, 0.1) is 0 Å². The number of hydrogen-bond acceptors (Lipinski definition) is 5. The second-order valence-electron chi connectivity index (χ2n) is 25.2. The van der Waals surface area contributed by atoms with Crippen molar-refractivity contribution < 1.29 is 0 Å². The quantitative estimate of drug-likeness (QED) is 0.152. The highest BCUT2D eigenvalue weighted by molar-refractivity contribution is 7.26. The van der Waals surface area contributed by atoms with E-state index in [1.54, 1.807) is 0 Å².